The van der Waals surface area contributed by atoms with Crippen LogP contribution in [0.1, 0.15) is 33.2 Å². The summed E-state index contributed by atoms with van der Waals surface area (Å²) in [6, 6.07) is 29.6. The summed E-state index contributed by atoms with van der Waals surface area (Å²) < 4.78 is 0. The lowest BCUT2D eigenvalue weighted by Crippen LogP contribution is -2.20. The van der Waals surface area contributed by atoms with E-state index in [4.69, 9.17) is 4.98 Å². The van der Waals surface area contributed by atoms with Crippen LogP contribution in [0.25, 0.3) is 22.2 Å². The molecule has 0 aliphatic carbocycles. The number of anilines is 1. The van der Waals surface area contributed by atoms with Crippen molar-refractivity contribution in [3.8, 4) is 11.3 Å². The number of hydrogen-bond acceptors (Lipinski definition) is 5. The fourth-order valence-electron chi connectivity index (χ4n) is 3.88. The molecule has 0 bridgehead atoms. The Kier molecular flexibility index (Phi) is 6.76. The van der Waals surface area contributed by atoms with Gasteiger partial charge in [-0.1, -0.05) is 60.7 Å². The number of para-hydroxylation sites is 1. The van der Waals surface area contributed by atoms with Gasteiger partial charge in [0, 0.05) is 34.6 Å². The number of amides is 2. The summed E-state index contributed by atoms with van der Waals surface area (Å²) in [4.78, 5) is 34.2. The lowest BCUT2D eigenvalue weighted by Gasteiger charge is -2.10. The van der Waals surface area contributed by atoms with E-state index in [1.54, 1.807) is 42.7 Å². The van der Waals surface area contributed by atoms with Gasteiger partial charge in [-0.15, -0.1) is 0 Å². The van der Waals surface area contributed by atoms with Crippen LogP contribution in [0.5, 0.6) is 0 Å². The Balaban J connectivity index is 1.33. The van der Waals surface area contributed by atoms with Crippen molar-refractivity contribution in [3.05, 3.63) is 126 Å². The zero-order chi connectivity index (χ0) is 25.6. The van der Waals surface area contributed by atoms with Gasteiger partial charge in [-0.05, 0) is 48.9 Å². The summed E-state index contributed by atoms with van der Waals surface area (Å²) in [6.07, 6.45) is 3.15. The fraction of sp³-hybridized carbons (Fsp3) is 0.0333. The minimum absolute atomic E-state index is 0.216. The Morgan fingerprint density at radius 1 is 0.757 bits per heavy atom. The second-order valence-corrected chi connectivity index (χ2v) is 8.34. The maximum absolute atomic E-state index is 13.2. The number of nitrogens with zero attached hydrogens (tertiary/aromatic N) is 3. The van der Waals surface area contributed by atoms with E-state index in [1.807, 2.05) is 73.7 Å². The maximum atomic E-state index is 13.2. The van der Waals surface area contributed by atoms with Gasteiger partial charge in [0.2, 0.25) is 0 Å². The molecule has 0 saturated carbocycles. The van der Waals surface area contributed by atoms with E-state index < -0.39 is 0 Å². The van der Waals surface area contributed by atoms with Gasteiger partial charge < -0.3 is 5.32 Å². The molecule has 5 rings (SSSR count). The Labute approximate surface area is 213 Å². The maximum Gasteiger partial charge on any atom is 0.272 e. The van der Waals surface area contributed by atoms with Crippen molar-refractivity contribution in [1.29, 1.82) is 0 Å². The van der Waals surface area contributed by atoms with Crippen molar-refractivity contribution in [2.24, 2.45) is 5.10 Å². The van der Waals surface area contributed by atoms with E-state index in [2.05, 4.69) is 20.8 Å². The molecule has 0 radical (unpaired) electrons. The average molecular weight is 486 g/mol. The number of benzene rings is 3. The van der Waals surface area contributed by atoms with Crippen LogP contribution >= 0.6 is 0 Å². The van der Waals surface area contributed by atoms with Gasteiger partial charge in [0.15, 0.2) is 0 Å². The number of nitrogens with one attached hydrogen (secondary N) is 2. The molecule has 0 fully saturated rings. The standard InChI is InChI=1S/C30H23N5O2/c1-20(21-11-13-24(14-12-21)32-29(36)23-15-17-31-18-16-23)34-35-30(37)26-19-28(22-7-3-2-4-8-22)33-27-10-6-5-9-25(26)27/h2-19H,1H3,(H,32,36)(H,35,37)/b34-20+. The SMILES string of the molecule is C/C(=N\NC(=O)c1cc(-c2ccccc2)nc2ccccc12)c1ccc(NC(=O)c2ccncc2)cc1. The van der Waals surface area contributed by atoms with Crippen LogP contribution in [0.2, 0.25) is 0 Å². The monoisotopic (exact) mass is 485 g/mol. The van der Waals surface area contributed by atoms with Crippen LogP contribution in [0.4, 0.5) is 5.69 Å². The normalized spacial score (nSPS) is 11.2. The lowest BCUT2D eigenvalue weighted by molar-refractivity contribution is 0.0955. The summed E-state index contributed by atoms with van der Waals surface area (Å²) >= 11 is 0. The molecule has 37 heavy (non-hydrogen) atoms. The Hall–Kier alpha value is -5.17. The van der Waals surface area contributed by atoms with Crippen molar-refractivity contribution >= 4 is 34.1 Å². The molecule has 0 aliphatic rings. The minimum atomic E-state index is -0.323. The smallest absolute Gasteiger partial charge is 0.272 e. The Morgan fingerprint density at radius 2 is 1.46 bits per heavy atom. The van der Waals surface area contributed by atoms with Crippen LogP contribution in [0.3, 0.4) is 0 Å². The molecule has 0 atom stereocenters. The third kappa shape index (κ3) is 5.41. The summed E-state index contributed by atoms with van der Waals surface area (Å²) in [5.74, 6) is -0.538. The van der Waals surface area contributed by atoms with Gasteiger partial charge in [-0.3, -0.25) is 14.6 Å². The van der Waals surface area contributed by atoms with E-state index >= 15 is 0 Å². The van der Waals surface area contributed by atoms with Gasteiger partial charge in [0.1, 0.15) is 0 Å². The minimum Gasteiger partial charge on any atom is -0.322 e. The van der Waals surface area contributed by atoms with Gasteiger partial charge >= 0.3 is 0 Å². The molecule has 0 saturated heterocycles. The lowest BCUT2D eigenvalue weighted by atomic mass is 10.0. The third-order valence-corrected chi connectivity index (χ3v) is 5.86. The van der Waals surface area contributed by atoms with Crippen LogP contribution in [-0.2, 0) is 0 Å². The van der Waals surface area contributed by atoms with Crippen LogP contribution < -0.4 is 10.7 Å². The van der Waals surface area contributed by atoms with Crippen molar-refractivity contribution in [1.82, 2.24) is 15.4 Å². The van der Waals surface area contributed by atoms with Crippen molar-refractivity contribution in [2.75, 3.05) is 5.32 Å². The summed E-state index contributed by atoms with van der Waals surface area (Å²) in [7, 11) is 0. The molecule has 5 aromatic rings. The first kappa shape index (κ1) is 23.6. The molecule has 2 aromatic heterocycles. The highest BCUT2D eigenvalue weighted by Gasteiger charge is 2.14. The molecule has 0 spiro atoms. The van der Waals surface area contributed by atoms with Crippen LogP contribution in [-0.4, -0.2) is 27.5 Å². The largest absolute Gasteiger partial charge is 0.322 e. The first-order chi connectivity index (χ1) is 18.1. The predicted octanol–water partition coefficient (Wildman–Crippen LogP) is 5.70. The molecule has 7 nitrogen and oxygen atoms in total. The zero-order valence-electron chi connectivity index (χ0n) is 20.1. The average Bonchev–Trinajstić information content (AvgIpc) is 2.96. The molecule has 180 valence electrons. The predicted molar refractivity (Wildman–Crippen MR) is 145 cm³/mol. The van der Waals surface area contributed by atoms with Crippen molar-refractivity contribution in [3.63, 3.8) is 0 Å². The summed E-state index contributed by atoms with van der Waals surface area (Å²) in [5, 5.41) is 7.92. The number of hydrazone groups is 1. The van der Waals surface area contributed by atoms with Crippen LogP contribution in [0.15, 0.2) is 115 Å². The Bertz CT molecular complexity index is 1600. The van der Waals surface area contributed by atoms with E-state index in [-0.39, 0.29) is 11.8 Å². The topological polar surface area (TPSA) is 96.3 Å². The van der Waals surface area contributed by atoms with Gasteiger partial charge in [0.05, 0.1) is 22.5 Å². The van der Waals surface area contributed by atoms with E-state index in [9.17, 15) is 9.59 Å². The highest BCUT2D eigenvalue weighted by molar-refractivity contribution is 6.08. The number of carbonyl (C=O) groups is 2. The highest BCUT2D eigenvalue weighted by atomic mass is 16.2. The number of aromatic nitrogens is 2. The molecular formula is C30H23N5O2. The van der Waals surface area contributed by atoms with Crippen LogP contribution in [0, 0.1) is 0 Å². The molecule has 0 unspecified atom stereocenters. The van der Waals surface area contributed by atoms with Crippen molar-refractivity contribution in [2.45, 2.75) is 6.92 Å². The number of hydrogen-bond donors (Lipinski definition) is 2. The van der Waals surface area contributed by atoms with Crippen molar-refractivity contribution < 1.29 is 9.59 Å². The second-order valence-electron chi connectivity index (χ2n) is 8.34. The van der Waals surface area contributed by atoms with E-state index in [1.165, 1.54) is 0 Å². The number of pyridine rings is 2. The number of rotatable bonds is 6. The van der Waals surface area contributed by atoms with E-state index in [0.29, 0.717) is 22.5 Å². The van der Waals surface area contributed by atoms with Gasteiger partial charge in [-0.25, -0.2) is 10.4 Å². The van der Waals surface area contributed by atoms with Gasteiger partial charge in [-0.2, -0.15) is 5.10 Å². The molecule has 2 N–H and O–H groups in total. The quantitative estimate of drug-likeness (QED) is 0.238. The number of fused-ring (bicyclic) bond motifs is 1. The zero-order valence-corrected chi connectivity index (χ0v) is 20.1. The molecule has 2 heterocycles. The third-order valence-electron chi connectivity index (χ3n) is 5.86. The summed E-state index contributed by atoms with van der Waals surface area (Å²) in [6.45, 7) is 1.81. The van der Waals surface area contributed by atoms with Gasteiger partial charge in [0.25, 0.3) is 11.8 Å². The molecule has 2 amide bonds. The molecule has 3 aromatic carbocycles. The molecule has 7 heteroatoms. The van der Waals surface area contributed by atoms with E-state index in [0.717, 1.165) is 27.7 Å². The molecular weight excluding hydrogens is 462 g/mol. The number of carbonyl (C=O) groups excluding carboxylic acids is 2. The first-order valence-electron chi connectivity index (χ1n) is 11.7. The fourth-order valence-corrected chi connectivity index (χ4v) is 3.88. The first-order valence-corrected chi connectivity index (χ1v) is 11.7. The second kappa shape index (κ2) is 10.6. The highest BCUT2D eigenvalue weighted by Crippen LogP contribution is 2.25. The molecule has 0 aliphatic heterocycles. The summed E-state index contributed by atoms with van der Waals surface area (Å²) in [5.41, 5.74) is 8.18. The Morgan fingerprint density at radius 3 is 2.22 bits per heavy atom.